The molecule has 4 aromatic rings. The zero-order chi connectivity index (χ0) is 20.9. The van der Waals surface area contributed by atoms with Crippen molar-refractivity contribution in [1.82, 2.24) is 19.3 Å². The molecule has 0 bridgehead atoms. The Morgan fingerprint density at radius 1 is 1.10 bits per heavy atom. The van der Waals surface area contributed by atoms with E-state index < -0.39 is 0 Å². The Bertz CT molecular complexity index is 1200. The maximum absolute atomic E-state index is 13.0. The van der Waals surface area contributed by atoms with Crippen molar-refractivity contribution in [2.75, 3.05) is 5.32 Å². The zero-order valence-electron chi connectivity index (χ0n) is 17.6. The second kappa shape index (κ2) is 6.62. The molecule has 3 heterocycles. The first-order chi connectivity index (χ1) is 13.6. The summed E-state index contributed by atoms with van der Waals surface area (Å²) in [7, 11) is 1.83. The number of nitrogens with zero attached hydrogens (tertiary/aromatic N) is 4. The lowest BCUT2D eigenvalue weighted by Gasteiger charge is -2.12. The van der Waals surface area contributed by atoms with Crippen LogP contribution >= 0.6 is 0 Å². The highest BCUT2D eigenvalue weighted by Gasteiger charge is 2.22. The van der Waals surface area contributed by atoms with Crippen molar-refractivity contribution >= 4 is 22.7 Å². The molecule has 7 heteroatoms. The van der Waals surface area contributed by atoms with E-state index in [1.54, 1.807) is 10.9 Å². The van der Waals surface area contributed by atoms with Crippen LogP contribution in [-0.4, -0.2) is 25.2 Å². The number of hydrogen-bond donors (Lipinski definition) is 1. The molecule has 3 aromatic heterocycles. The number of hydrogen-bond acceptors (Lipinski definition) is 4. The number of aromatic nitrogens is 4. The van der Waals surface area contributed by atoms with Crippen LogP contribution in [0.5, 0.6) is 0 Å². The summed E-state index contributed by atoms with van der Waals surface area (Å²) in [6.45, 7) is 10.2. The van der Waals surface area contributed by atoms with Crippen molar-refractivity contribution in [2.45, 2.75) is 40.0 Å². The van der Waals surface area contributed by atoms with Gasteiger partial charge in [-0.15, -0.1) is 0 Å². The number of aryl methyl sites for hydroxylation is 3. The van der Waals surface area contributed by atoms with E-state index in [2.05, 4.69) is 36.2 Å². The van der Waals surface area contributed by atoms with Gasteiger partial charge in [-0.2, -0.15) is 5.10 Å². The number of anilines is 1. The van der Waals surface area contributed by atoms with Gasteiger partial charge in [-0.25, -0.2) is 4.98 Å². The number of amides is 1. The molecule has 0 spiro atoms. The highest BCUT2D eigenvalue weighted by molar-refractivity contribution is 6.06. The van der Waals surface area contributed by atoms with Crippen molar-refractivity contribution in [2.24, 2.45) is 7.05 Å². The lowest BCUT2D eigenvalue weighted by Crippen LogP contribution is -2.16. The summed E-state index contributed by atoms with van der Waals surface area (Å²) in [5, 5.41) is 7.27. The Balaban J connectivity index is 1.67. The van der Waals surface area contributed by atoms with Crippen molar-refractivity contribution in [3.8, 4) is 5.82 Å². The molecule has 1 N–H and O–H groups in total. The van der Waals surface area contributed by atoms with Gasteiger partial charge in [-0.3, -0.25) is 9.48 Å². The van der Waals surface area contributed by atoms with E-state index in [0.717, 1.165) is 22.7 Å². The number of oxazole rings is 1. The van der Waals surface area contributed by atoms with Gasteiger partial charge in [0.2, 0.25) is 5.89 Å². The smallest absolute Gasteiger partial charge is 0.261 e. The Morgan fingerprint density at radius 3 is 2.45 bits per heavy atom. The van der Waals surface area contributed by atoms with Crippen LogP contribution in [0.15, 0.2) is 40.9 Å². The number of fused-ring (bicyclic) bond motifs is 1. The lowest BCUT2D eigenvalue weighted by atomic mass is 9.97. The van der Waals surface area contributed by atoms with Crippen LogP contribution < -0.4 is 5.32 Å². The normalized spacial score (nSPS) is 11.9. The number of nitrogens with one attached hydrogen (secondary N) is 1. The molecule has 0 radical (unpaired) electrons. The van der Waals surface area contributed by atoms with Gasteiger partial charge in [0, 0.05) is 29.5 Å². The van der Waals surface area contributed by atoms with E-state index in [9.17, 15) is 4.79 Å². The predicted octanol–water partition coefficient (Wildman–Crippen LogP) is 4.52. The van der Waals surface area contributed by atoms with E-state index in [1.807, 2.05) is 55.8 Å². The average molecular weight is 391 g/mol. The van der Waals surface area contributed by atoms with Gasteiger partial charge in [-0.1, -0.05) is 20.8 Å². The fourth-order valence-corrected chi connectivity index (χ4v) is 3.38. The number of rotatable bonds is 3. The summed E-state index contributed by atoms with van der Waals surface area (Å²) in [6, 6.07) is 9.52. The summed E-state index contributed by atoms with van der Waals surface area (Å²) in [4.78, 5) is 17.6. The second-order valence-corrected chi connectivity index (χ2v) is 8.36. The molecular formula is C22H25N5O2. The molecule has 150 valence electrons. The average Bonchev–Trinajstić information content (AvgIpc) is 3.32. The van der Waals surface area contributed by atoms with E-state index in [-0.39, 0.29) is 11.3 Å². The SMILES string of the molecule is Cc1ccc(C)n1-c1c(C(=O)Nc2ccc3oc(C(C)(C)C)nc3c2)cnn1C. The Morgan fingerprint density at radius 2 is 1.79 bits per heavy atom. The number of carbonyl (C=O) groups is 1. The van der Waals surface area contributed by atoms with Crippen molar-refractivity contribution in [1.29, 1.82) is 0 Å². The topological polar surface area (TPSA) is 77.9 Å². The molecule has 0 unspecified atom stereocenters. The zero-order valence-corrected chi connectivity index (χ0v) is 17.6. The first-order valence-corrected chi connectivity index (χ1v) is 9.55. The molecular weight excluding hydrogens is 366 g/mol. The number of carbonyl (C=O) groups excluding carboxylic acids is 1. The minimum atomic E-state index is -0.223. The van der Waals surface area contributed by atoms with E-state index in [1.165, 1.54) is 0 Å². The first-order valence-electron chi connectivity index (χ1n) is 9.55. The largest absolute Gasteiger partial charge is 0.440 e. The van der Waals surface area contributed by atoms with E-state index in [0.29, 0.717) is 22.7 Å². The van der Waals surface area contributed by atoms with Gasteiger partial charge < -0.3 is 14.3 Å². The van der Waals surface area contributed by atoms with Crippen LogP contribution in [0.4, 0.5) is 5.69 Å². The summed E-state index contributed by atoms with van der Waals surface area (Å²) in [6.07, 6.45) is 1.59. The molecule has 1 amide bonds. The maximum Gasteiger partial charge on any atom is 0.261 e. The molecule has 4 rings (SSSR count). The summed E-state index contributed by atoms with van der Waals surface area (Å²) < 4.78 is 9.57. The third-order valence-electron chi connectivity index (χ3n) is 4.92. The molecule has 0 aliphatic carbocycles. The van der Waals surface area contributed by atoms with Crippen molar-refractivity contribution < 1.29 is 9.21 Å². The Hall–Kier alpha value is -3.35. The minimum Gasteiger partial charge on any atom is -0.440 e. The van der Waals surface area contributed by atoms with Crippen LogP contribution in [0.25, 0.3) is 16.9 Å². The first kappa shape index (κ1) is 19.0. The molecule has 7 nitrogen and oxygen atoms in total. The minimum absolute atomic E-state index is 0.181. The second-order valence-electron chi connectivity index (χ2n) is 8.36. The molecule has 0 fully saturated rings. The van der Waals surface area contributed by atoms with Gasteiger partial charge in [0.15, 0.2) is 5.58 Å². The van der Waals surface area contributed by atoms with Gasteiger partial charge in [0.1, 0.15) is 16.9 Å². The molecule has 1 aromatic carbocycles. The maximum atomic E-state index is 13.0. The molecule has 0 saturated heterocycles. The van der Waals surface area contributed by atoms with E-state index >= 15 is 0 Å². The third kappa shape index (κ3) is 3.33. The summed E-state index contributed by atoms with van der Waals surface area (Å²) in [5.41, 5.74) is 4.49. The van der Waals surface area contributed by atoms with Crippen molar-refractivity contribution in [3.63, 3.8) is 0 Å². The summed E-state index contributed by atoms with van der Waals surface area (Å²) in [5.74, 6) is 1.18. The van der Waals surface area contributed by atoms with Gasteiger partial charge in [0.25, 0.3) is 5.91 Å². The van der Waals surface area contributed by atoms with Crippen LogP contribution in [0.3, 0.4) is 0 Å². The molecule has 0 aliphatic rings. The molecule has 0 aliphatic heterocycles. The highest BCUT2D eigenvalue weighted by Crippen LogP contribution is 2.28. The van der Waals surface area contributed by atoms with Crippen molar-refractivity contribution in [3.05, 3.63) is 59.4 Å². The molecule has 0 saturated carbocycles. The fraction of sp³-hybridized carbons (Fsp3) is 0.318. The quantitative estimate of drug-likeness (QED) is 0.557. The molecule has 0 atom stereocenters. The van der Waals surface area contributed by atoms with Gasteiger partial charge in [-0.05, 0) is 44.2 Å². The van der Waals surface area contributed by atoms with Crippen LogP contribution in [0.1, 0.15) is 48.4 Å². The molecule has 29 heavy (non-hydrogen) atoms. The standard InChI is InChI=1S/C22H25N5O2/c1-13-7-8-14(2)27(13)20-16(12-23-26(20)6)19(28)24-15-9-10-18-17(11-15)25-21(29-18)22(3,4)5/h7-12H,1-6H3,(H,24,28). The highest BCUT2D eigenvalue weighted by atomic mass is 16.3. The third-order valence-corrected chi connectivity index (χ3v) is 4.92. The Labute approximate surface area is 169 Å². The fourth-order valence-electron chi connectivity index (χ4n) is 3.38. The van der Waals surface area contributed by atoms with E-state index in [4.69, 9.17) is 4.42 Å². The lowest BCUT2D eigenvalue weighted by molar-refractivity contribution is 0.102. The predicted molar refractivity (Wildman–Crippen MR) is 113 cm³/mol. The Kier molecular flexibility index (Phi) is 4.33. The van der Waals surface area contributed by atoms with Crippen LogP contribution in [-0.2, 0) is 12.5 Å². The van der Waals surface area contributed by atoms with Gasteiger partial charge in [0.05, 0.1) is 6.20 Å². The monoisotopic (exact) mass is 391 g/mol. The van der Waals surface area contributed by atoms with Crippen LogP contribution in [0, 0.1) is 13.8 Å². The summed E-state index contributed by atoms with van der Waals surface area (Å²) >= 11 is 0. The van der Waals surface area contributed by atoms with Gasteiger partial charge >= 0.3 is 0 Å². The number of benzene rings is 1. The van der Waals surface area contributed by atoms with Crippen LogP contribution in [0.2, 0.25) is 0 Å².